The SMILES string of the molecule is CC.CCc1cccnc1.CCn1ccnc1. The Morgan fingerprint density at radius 1 is 1.12 bits per heavy atom. The highest BCUT2D eigenvalue weighted by molar-refractivity contribution is 5.07. The van der Waals surface area contributed by atoms with E-state index in [-0.39, 0.29) is 0 Å². The predicted octanol–water partition coefficient (Wildman–Crippen LogP) is 3.57. The molecule has 0 saturated heterocycles. The molecule has 0 N–H and O–H groups in total. The van der Waals surface area contributed by atoms with Crippen molar-refractivity contribution in [1.29, 1.82) is 0 Å². The molecule has 0 spiro atoms. The maximum atomic E-state index is 3.96. The maximum absolute atomic E-state index is 3.96. The van der Waals surface area contributed by atoms with Crippen LogP contribution in [0.3, 0.4) is 0 Å². The van der Waals surface area contributed by atoms with Gasteiger partial charge in [-0.1, -0.05) is 26.8 Å². The standard InChI is InChI=1S/C7H9N.C5H8N2.C2H6/c1-2-7-4-3-5-8-6-7;1-2-7-4-3-6-5-7;1-2/h3-6H,2H2,1H3;3-5H,2H2,1H3;1-2H3. The molecule has 0 aliphatic carbocycles. The summed E-state index contributed by atoms with van der Waals surface area (Å²) >= 11 is 0. The second kappa shape index (κ2) is 10.9. The van der Waals surface area contributed by atoms with Gasteiger partial charge in [0, 0.05) is 31.3 Å². The van der Waals surface area contributed by atoms with Gasteiger partial charge >= 0.3 is 0 Å². The van der Waals surface area contributed by atoms with E-state index >= 15 is 0 Å². The molecule has 17 heavy (non-hydrogen) atoms. The van der Waals surface area contributed by atoms with Gasteiger partial charge in [0.2, 0.25) is 0 Å². The molecular formula is C14H23N3. The summed E-state index contributed by atoms with van der Waals surface area (Å²) < 4.78 is 2.01. The van der Waals surface area contributed by atoms with Gasteiger partial charge in [-0.05, 0) is 25.0 Å². The minimum atomic E-state index is 1.01. The second-order valence-electron chi connectivity index (χ2n) is 3.11. The van der Waals surface area contributed by atoms with Gasteiger partial charge < -0.3 is 4.57 Å². The van der Waals surface area contributed by atoms with Crippen LogP contribution in [0.15, 0.2) is 43.2 Å². The van der Waals surface area contributed by atoms with Crippen molar-refractivity contribution in [3.05, 3.63) is 48.8 Å². The molecule has 2 heterocycles. The van der Waals surface area contributed by atoms with Gasteiger partial charge in [0.25, 0.3) is 0 Å². The van der Waals surface area contributed by atoms with Crippen molar-refractivity contribution in [2.45, 2.75) is 40.7 Å². The minimum absolute atomic E-state index is 1.01. The Balaban J connectivity index is 0.000000265. The fourth-order valence-electron chi connectivity index (χ4n) is 1.08. The topological polar surface area (TPSA) is 30.7 Å². The first kappa shape index (κ1) is 15.4. The molecule has 0 aromatic carbocycles. The van der Waals surface area contributed by atoms with Gasteiger partial charge in [0.1, 0.15) is 0 Å². The van der Waals surface area contributed by atoms with Gasteiger partial charge in [-0.15, -0.1) is 0 Å². The Morgan fingerprint density at radius 3 is 2.18 bits per heavy atom. The molecule has 0 fully saturated rings. The summed E-state index contributed by atoms with van der Waals surface area (Å²) in [7, 11) is 0. The van der Waals surface area contributed by atoms with Crippen LogP contribution in [0.1, 0.15) is 33.3 Å². The smallest absolute Gasteiger partial charge is 0.0945 e. The average molecular weight is 233 g/mol. The zero-order chi connectivity index (χ0) is 12.9. The van der Waals surface area contributed by atoms with Gasteiger partial charge in [-0.2, -0.15) is 0 Å². The number of hydrogen-bond donors (Lipinski definition) is 0. The molecule has 0 radical (unpaired) electrons. The lowest BCUT2D eigenvalue weighted by molar-refractivity contribution is 0.761. The Bertz CT molecular complexity index is 341. The number of aryl methyl sites for hydroxylation is 2. The number of hydrogen-bond acceptors (Lipinski definition) is 2. The fourth-order valence-corrected chi connectivity index (χ4v) is 1.08. The van der Waals surface area contributed by atoms with Gasteiger partial charge in [0.15, 0.2) is 0 Å². The summed E-state index contributed by atoms with van der Waals surface area (Å²) in [6.45, 7) is 9.22. The molecule has 3 heteroatoms. The number of aromatic nitrogens is 3. The lowest BCUT2D eigenvalue weighted by atomic mass is 10.2. The normalized spacial score (nSPS) is 8.47. The molecule has 0 bridgehead atoms. The third-order valence-corrected chi connectivity index (χ3v) is 2.06. The van der Waals surface area contributed by atoms with Crippen molar-refractivity contribution in [2.24, 2.45) is 0 Å². The first-order chi connectivity index (χ1) is 8.36. The second-order valence-corrected chi connectivity index (χ2v) is 3.11. The summed E-state index contributed by atoms with van der Waals surface area (Å²) in [5.41, 5.74) is 1.30. The molecule has 0 amide bonds. The third-order valence-electron chi connectivity index (χ3n) is 2.06. The van der Waals surface area contributed by atoms with Gasteiger partial charge in [-0.3, -0.25) is 4.98 Å². The first-order valence-electron chi connectivity index (χ1n) is 6.21. The molecule has 2 rings (SSSR count). The van der Waals surface area contributed by atoms with Crippen LogP contribution < -0.4 is 0 Å². The number of imidazole rings is 1. The van der Waals surface area contributed by atoms with Crippen molar-refractivity contribution in [2.75, 3.05) is 0 Å². The quantitative estimate of drug-likeness (QED) is 0.794. The van der Waals surface area contributed by atoms with E-state index in [2.05, 4.69) is 29.9 Å². The predicted molar refractivity (Wildman–Crippen MR) is 72.9 cm³/mol. The van der Waals surface area contributed by atoms with Crippen LogP contribution in [0.5, 0.6) is 0 Å². The van der Waals surface area contributed by atoms with E-state index in [1.807, 2.05) is 36.9 Å². The average Bonchev–Trinajstić information content (AvgIpc) is 2.96. The van der Waals surface area contributed by atoms with Crippen molar-refractivity contribution in [3.63, 3.8) is 0 Å². The number of rotatable bonds is 2. The van der Waals surface area contributed by atoms with Crippen molar-refractivity contribution in [1.82, 2.24) is 14.5 Å². The molecule has 0 atom stereocenters. The summed E-state index contributed by atoms with van der Waals surface area (Å²) in [4.78, 5) is 7.81. The van der Waals surface area contributed by atoms with E-state index in [0.29, 0.717) is 0 Å². The van der Waals surface area contributed by atoms with Crippen LogP contribution >= 0.6 is 0 Å². The minimum Gasteiger partial charge on any atom is -0.338 e. The van der Waals surface area contributed by atoms with Crippen LogP contribution in [0.25, 0.3) is 0 Å². The molecule has 0 unspecified atom stereocenters. The van der Waals surface area contributed by atoms with Crippen LogP contribution in [0.2, 0.25) is 0 Å². The van der Waals surface area contributed by atoms with E-state index in [1.54, 1.807) is 18.7 Å². The molecule has 0 saturated carbocycles. The summed E-state index contributed by atoms with van der Waals surface area (Å²) in [6.07, 6.45) is 10.3. The zero-order valence-corrected chi connectivity index (χ0v) is 11.3. The third kappa shape index (κ3) is 7.28. The van der Waals surface area contributed by atoms with Gasteiger partial charge in [-0.25, -0.2) is 4.98 Å². The first-order valence-corrected chi connectivity index (χ1v) is 6.21. The molecule has 0 aliphatic rings. The summed E-state index contributed by atoms with van der Waals surface area (Å²) in [6, 6.07) is 4.03. The highest BCUT2D eigenvalue weighted by atomic mass is 15.0. The highest BCUT2D eigenvalue weighted by Crippen LogP contribution is 1.93. The largest absolute Gasteiger partial charge is 0.338 e. The van der Waals surface area contributed by atoms with Crippen LogP contribution in [0.4, 0.5) is 0 Å². The van der Waals surface area contributed by atoms with E-state index in [0.717, 1.165) is 13.0 Å². The molecule has 2 aromatic heterocycles. The van der Waals surface area contributed by atoms with Crippen LogP contribution in [-0.2, 0) is 13.0 Å². The van der Waals surface area contributed by atoms with E-state index in [1.165, 1.54) is 5.56 Å². The molecule has 94 valence electrons. The van der Waals surface area contributed by atoms with Crippen molar-refractivity contribution < 1.29 is 0 Å². The monoisotopic (exact) mass is 233 g/mol. The number of pyridine rings is 1. The van der Waals surface area contributed by atoms with Crippen molar-refractivity contribution in [3.8, 4) is 0 Å². The Morgan fingerprint density at radius 2 is 1.88 bits per heavy atom. The Labute approximate surface area is 105 Å². The van der Waals surface area contributed by atoms with Crippen LogP contribution in [-0.4, -0.2) is 14.5 Å². The lowest BCUT2D eigenvalue weighted by Crippen LogP contribution is -1.85. The van der Waals surface area contributed by atoms with E-state index in [9.17, 15) is 0 Å². The Hall–Kier alpha value is -1.64. The highest BCUT2D eigenvalue weighted by Gasteiger charge is 1.81. The summed E-state index contributed by atoms with van der Waals surface area (Å²) in [5, 5.41) is 0. The van der Waals surface area contributed by atoms with E-state index in [4.69, 9.17) is 0 Å². The Kier molecular flexibility index (Phi) is 9.82. The zero-order valence-electron chi connectivity index (χ0n) is 11.3. The van der Waals surface area contributed by atoms with Crippen LogP contribution in [0, 0.1) is 0 Å². The number of nitrogens with zero attached hydrogens (tertiary/aromatic N) is 3. The molecule has 2 aromatic rings. The molecular weight excluding hydrogens is 210 g/mol. The molecule has 0 aliphatic heterocycles. The molecule has 3 nitrogen and oxygen atoms in total. The summed E-state index contributed by atoms with van der Waals surface area (Å²) in [5.74, 6) is 0. The maximum Gasteiger partial charge on any atom is 0.0945 e. The van der Waals surface area contributed by atoms with Gasteiger partial charge in [0.05, 0.1) is 6.33 Å². The van der Waals surface area contributed by atoms with E-state index < -0.39 is 0 Å². The lowest BCUT2D eigenvalue weighted by Gasteiger charge is -1.88. The fraction of sp³-hybridized carbons (Fsp3) is 0.429. The van der Waals surface area contributed by atoms with Crippen molar-refractivity contribution >= 4 is 0 Å².